The maximum Gasteiger partial charge on any atom is 0.485 e. The first-order chi connectivity index (χ1) is 19.0. The number of nitrogens with zero attached hydrogens (tertiary/aromatic N) is 1. The molecule has 0 radical (unpaired) electrons. The predicted octanol–water partition coefficient (Wildman–Crippen LogP) is 6.02. The van der Waals surface area contributed by atoms with E-state index in [1.807, 2.05) is 6.20 Å². The summed E-state index contributed by atoms with van der Waals surface area (Å²) in [7, 11) is -8.19. The van der Waals surface area contributed by atoms with E-state index in [-0.39, 0.29) is 0 Å². The molecule has 4 nitrogen and oxygen atoms in total. The van der Waals surface area contributed by atoms with Gasteiger partial charge in [-0.05, 0) is 77.2 Å². The van der Waals surface area contributed by atoms with Crippen LogP contribution in [0.1, 0.15) is 0 Å². The van der Waals surface area contributed by atoms with Crippen molar-refractivity contribution < 1.29 is 26.1 Å². The fraction of sp³-hybridized carbons (Fsp3) is 0.0333. The van der Waals surface area contributed by atoms with Crippen LogP contribution >= 0.6 is 29.9 Å². The van der Waals surface area contributed by atoms with E-state index < -0.39 is 22.9 Å². The van der Waals surface area contributed by atoms with Gasteiger partial charge in [0.2, 0.25) is 0 Å². The SMILES string of the molecule is Ic1ccc(-c2cc([P+](c3ccccc3)(c3ccccc3)c3ccccc3)ccn2)cc1.O=S(=O)([O-])C(F)(F)F. The highest BCUT2D eigenvalue weighted by atomic mass is 127. The van der Waals surface area contributed by atoms with Crippen LogP contribution in [0.25, 0.3) is 11.3 Å². The van der Waals surface area contributed by atoms with Crippen molar-refractivity contribution in [1.29, 1.82) is 0 Å². The molecule has 5 rings (SSSR count). The number of rotatable bonds is 5. The number of hydrogen-bond acceptors (Lipinski definition) is 4. The lowest BCUT2D eigenvalue weighted by Crippen LogP contribution is -2.38. The minimum absolute atomic E-state index is 1.01. The van der Waals surface area contributed by atoms with Crippen molar-refractivity contribution in [3.8, 4) is 11.3 Å². The van der Waals surface area contributed by atoms with Gasteiger partial charge in [0.25, 0.3) is 0 Å². The summed E-state index contributed by atoms with van der Waals surface area (Å²) in [6.07, 6.45) is 1.96. The van der Waals surface area contributed by atoms with Gasteiger partial charge < -0.3 is 4.55 Å². The van der Waals surface area contributed by atoms with E-state index in [0.29, 0.717) is 0 Å². The lowest BCUT2D eigenvalue weighted by atomic mass is 10.1. The Hall–Kier alpha value is -3.11. The first-order valence-electron chi connectivity index (χ1n) is 11.8. The van der Waals surface area contributed by atoms with Crippen molar-refractivity contribution in [3.63, 3.8) is 0 Å². The van der Waals surface area contributed by atoms with Crippen LogP contribution in [0.5, 0.6) is 0 Å². The second-order valence-electron chi connectivity index (χ2n) is 8.48. The maximum atomic E-state index is 10.7. The summed E-state index contributed by atoms with van der Waals surface area (Å²) in [5.41, 5.74) is -3.50. The highest BCUT2D eigenvalue weighted by molar-refractivity contribution is 14.1. The maximum absolute atomic E-state index is 10.7. The fourth-order valence-electron chi connectivity index (χ4n) is 4.26. The molecule has 0 fully saturated rings. The highest BCUT2D eigenvalue weighted by Gasteiger charge is 2.48. The van der Waals surface area contributed by atoms with E-state index in [2.05, 4.69) is 150 Å². The van der Waals surface area contributed by atoms with E-state index in [1.165, 1.54) is 24.8 Å². The van der Waals surface area contributed by atoms with Gasteiger partial charge in [-0.15, -0.1) is 0 Å². The van der Waals surface area contributed by atoms with Crippen molar-refractivity contribution in [2.75, 3.05) is 0 Å². The summed E-state index contributed by atoms with van der Waals surface area (Å²) in [6.45, 7) is 0. The third kappa shape index (κ3) is 6.61. The zero-order valence-corrected chi connectivity index (χ0v) is 24.6. The molecule has 0 amide bonds. The van der Waals surface area contributed by atoms with Gasteiger partial charge in [0.1, 0.15) is 28.5 Å². The molecular weight excluding hydrogens is 669 g/mol. The summed E-state index contributed by atoms with van der Waals surface area (Å²) in [5.74, 6) is 0. The molecule has 204 valence electrons. The second kappa shape index (κ2) is 12.6. The number of hydrogen-bond donors (Lipinski definition) is 0. The van der Waals surface area contributed by atoms with Gasteiger partial charge in [-0.2, -0.15) is 13.2 Å². The van der Waals surface area contributed by atoms with Crippen LogP contribution in [-0.2, 0) is 10.1 Å². The molecule has 0 saturated heterocycles. The zero-order valence-electron chi connectivity index (χ0n) is 20.7. The number of alkyl halides is 3. The monoisotopic (exact) mass is 691 g/mol. The number of benzene rings is 4. The van der Waals surface area contributed by atoms with Crippen molar-refractivity contribution in [3.05, 3.63) is 137 Å². The van der Waals surface area contributed by atoms with E-state index in [0.717, 1.165) is 11.3 Å². The van der Waals surface area contributed by atoms with E-state index in [4.69, 9.17) is 18.0 Å². The Morgan fingerprint density at radius 2 is 1.05 bits per heavy atom. The van der Waals surface area contributed by atoms with Gasteiger partial charge in [-0.1, -0.05) is 66.7 Å². The molecular formula is C30H22F3INO3PS. The summed E-state index contributed by atoms with van der Waals surface area (Å²) in [4.78, 5) is 4.75. The van der Waals surface area contributed by atoms with Crippen molar-refractivity contribution in [1.82, 2.24) is 4.98 Å². The normalized spacial score (nSPS) is 11.8. The smallest absolute Gasteiger partial charge is 0.485 e. The molecule has 0 saturated carbocycles. The predicted molar refractivity (Wildman–Crippen MR) is 163 cm³/mol. The number of halogens is 4. The Balaban J connectivity index is 0.000000406. The molecule has 0 aliphatic heterocycles. The average Bonchev–Trinajstić information content (AvgIpc) is 2.95. The van der Waals surface area contributed by atoms with Gasteiger partial charge in [0.05, 0.1) is 5.69 Å². The summed E-state index contributed by atoms with van der Waals surface area (Å²) in [5, 5.41) is 5.34. The van der Waals surface area contributed by atoms with Crippen LogP contribution in [0.2, 0.25) is 0 Å². The summed E-state index contributed by atoms with van der Waals surface area (Å²) >= 11 is 2.34. The Kier molecular flexibility index (Phi) is 9.41. The molecule has 5 aromatic rings. The van der Waals surface area contributed by atoms with E-state index in [9.17, 15) is 13.2 Å². The first-order valence-corrected chi connectivity index (χ1v) is 16.1. The Morgan fingerprint density at radius 1 is 0.650 bits per heavy atom. The van der Waals surface area contributed by atoms with Crippen LogP contribution < -0.4 is 21.2 Å². The fourth-order valence-corrected chi connectivity index (χ4v) is 8.87. The quantitative estimate of drug-likeness (QED) is 0.0979. The van der Waals surface area contributed by atoms with Crippen LogP contribution in [0, 0.1) is 3.57 Å². The molecule has 10 heteroatoms. The topological polar surface area (TPSA) is 70.1 Å². The number of pyridine rings is 1. The third-order valence-electron chi connectivity index (χ3n) is 5.98. The lowest BCUT2D eigenvalue weighted by molar-refractivity contribution is -0.0517. The lowest BCUT2D eigenvalue weighted by Gasteiger charge is -2.27. The molecule has 0 unspecified atom stereocenters. The van der Waals surface area contributed by atoms with Gasteiger partial charge >= 0.3 is 5.51 Å². The first kappa shape index (κ1) is 29.9. The minimum Gasteiger partial charge on any atom is -0.741 e. The largest absolute Gasteiger partial charge is 0.741 e. The van der Waals surface area contributed by atoms with Crippen LogP contribution in [-0.4, -0.2) is 23.5 Å². The van der Waals surface area contributed by atoms with Crippen LogP contribution in [0.4, 0.5) is 13.2 Å². The average molecular weight is 691 g/mol. The molecule has 0 atom stereocenters. The van der Waals surface area contributed by atoms with Gasteiger partial charge in [0, 0.05) is 21.4 Å². The van der Waals surface area contributed by atoms with Crippen molar-refractivity contribution in [2.24, 2.45) is 0 Å². The molecule has 4 aromatic carbocycles. The standard InChI is InChI=1S/C29H22INP.CHF3O3S/c30-24-18-16-23(17-19-24)29-22-28(20-21-31-29)32(25-10-4-1-5-11-25,26-12-6-2-7-13-26)27-14-8-3-9-15-27;2-1(3,4)8(5,6)7/h1-22H;(H,5,6,7)/q+1;/p-1. The van der Waals surface area contributed by atoms with Crippen molar-refractivity contribution >= 4 is 61.2 Å². The zero-order chi connectivity index (χ0) is 28.8. The molecule has 0 aliphatic rings. The minimum atomic E-state index is -6.09. The second-order valence-corrected chi connectivity index (χ2v) is 14.5. The van der Waals surface area contributed by atoms with E-state index >= 15 is 0 Å². The Labute approximate surface area is 245 Å². The molecule has 0 N–H and O–H groups in total. The number of aromatic nitrogens is 1. The van der Waals surface area contributed by atoms with E-state index in [1.54, 1.807) is 0 Å². The molecule has 0 aliphatic carbocycles. The van der Waals surface area contributed by atoms with Gasteiger partial charge in [0.15, 0.2) is 10.1 Å². The molecule has 0 spiro atoms. The van der Waals surface area contributed by atoms with Gasteiger partial charge in [-0.3, -0.25) is 4.98 Å². The Morgan fingerprint density at radius 3 is 1.43 bits per heavy atom. The van der Waals surface area contributed by atoms with Crippen LogP contribution in [0.3, 0.4) is 0 Å². The summed E-state index contributed by atoms with van der Waals surface area (Å²) in [6, 6.07) is 45.9. The summed E-state index contributed by atoms with van der Waals surface area (Å²) < 4.78 is 60.1. The van der Waals surface area contributed by atoms with Crippen molar-refractivity contribution in [2.45, 2.75) is 5.51 Å². The Bertz CT molecular complexity index is 1560. The van der Waals surface area contributed by atoms with Crippen LogP contribution in [0.15, 0.2) is 134 Å². The molecule has 0 bridgehead atoms. The molecule has 1 heterocycles. The molecule has 40 heavy (non-hydrogen) atoms. The highest BCUT2D eigenvalue weighted by Crippen LogP contribution is 2.54. The van der Waals surface area contributed by atoms with Gasteiger partial charge in [-0.25, -0.2) is 8.42 Å². The molecule has 1 aromatic heterocycles. The third-order valence-corrected chi connectivity index (χ3v) is 11.5.